The molecule has 4 aromatic rings. The Morgan fingerprint density at radius 2 is 1.97 bits per heavy atom. The molecule has 2 aromatic carbocycles. The smallest absolute Gasteiger partial charge is 0.248 e. The first-order valence-electron chi connectivity index (χ1n) is 10.6. The van der Waals surface area contributed by atoms with Crippen LogP contribution in [-0.4, -0.2) is 31.5 Å². The Kier molecular flexibility index (Phi) is 6.50. The van der Waals surface area contributed by atoms with E-state index in [-0.39, 0.29) is 17.2 Å². The molecule has 0 fully saturated rings. The lowest BCUT2D eigenvalue weighted by Crippen LogP contribution is -2.11. The van der Waals surface area contributed by atoms with E-state index in [9.17, 15) is 9.59 Å². The number of nitrogens with one attached hydrogen (secondary N) is 3. The van der Waals surface area contributed by atoms with E-state index in [0.29, 0.717) is 22.3 Å². The second-order valence-electron chi connectivity index (χ2n) is 7.53. The third kappa shape index (κ3) is 4.97. The van der Waals surface area contributed by atoms with Crippen LogP contribution in [0.5, 0.6) is 0 Å². The lowest BCUT2D eigenvalue weighted by atomic mass is 10.1. The van der Waals surface area contributed by atoms with E-state index in [1.165, 1.54) is 37.0 Å². The van der Waals surface area contributed by atoms with Crippen LogP contribution in [0.3, 0.4) is 0 Å². The number of hydrogen-bond acceptors (Lipinski definition) is 5. The first-order valence-corrected chi connectivity index (χ1v) is 10.6. The van der Waals surface area contributed by atoms with Crippen molar-refractivity contribution in [2.75, 3.05) is 5.32 Å². The highest BCUT2D eigenvalue weighted by molar-refractivity contribution is 6.06. The number of carbonyl (C=O) groups is 1. The van der Waals surface area contributed by atoms with Crippen molar-refractivity contribution in [2.45, 2.75) is 32.6 Å². The largest absolute Gasteiger partial charge is 0.350 e. The summed E-state index contributed by atoms with van der Waals surface area (Å²) >= 11 is 0. The van der Waals surface area contributed by atoms with Gasteiger partial charge in [-0.3, -0.25) is 9.59 Å². The summed E-state index contributed by atoms with van der Waals surface area (Å²) in [4.78, 5) is 28.2. The van der Waals surface area contributed by atoms with Crippen LogP contribution in [0.15, 0.2) is 59.4 Å². The third-order valence-electron chi connectivity index (χ3n) is 5.19. The van der Waals surface area contributed by atoms with Crippen LogP contribution >= 0.6 is 0 Å². The van der Waals surface area contributed by atoms with Gasteiger partial charge in [-0.05, 0) is 47.4 Å². The van der Waals surface area contributed by atoms with Crippen molar-refractivity contribution >= 4 is 28.6 Å². The molecule has 0 aliphatic rings. The van der Waals surface area contributed by atoms with Gasteiger partial charge in [0.2, 0.25) is 11.7 Å². The molecule has 0 saturated heterocycles. The zero-order valence-corrected chi connectivity index (χ0v) is 17.8. The number of aryl methyl sites for hydroxylation is 1. The van der Waals surface area contributed by atoms with Crippen molar-refractivity contribution in [1.29, 1.82) is 0 Å². The average molecular weight is 428 g/mol. The maximum atomic E-state index is 12.5. The number of nitrogens with zero attached hydrogens (tertiary/aromatic N) is 3. The molecule has 0 aliphatic carbocycles. The monoisotopic (exact) mass is 428 g/mol. The SMILES string of the molecule is CCCCCc1ccc(/C=C/C(=O)Nc2cccc3c(=O)cc(-c4nn[nH]n4)[nH]c23)cc1. The van der Waals surface area contributed by atoms with Gasteiger partial charge in [-0.1, -0.05) is 50.1 Å². The Morgan fingerprint density at radius 3 is 2.72 bits per heavy atom. The second kappa shape index (κ2) is 9.82. The summed E-state index contributed by atoms with van der Waals surface area (Å²) in [6.45, 7) is 2.20. The van der Waals surface area contributed by atoms with E-state index in [4.69, 9.17) is 0 Å². The van der Waals surface area contributed by atoms with Gasteiger partial charge in [0.1, 0.15) is 0 Å². The Hall–Kier alpha value is -4.07. The molecule has 3 N–H and O–H groups in total. The fourth-order valence-corrected chi connectivity index (χ4v) is 3.49. The van der Waals surface area contributed by atoms with Crippen LogP contribution in [0.25, 0.3) is 28.5 Å². The highest BCUT2D eigenvalue weighted by atomic mass is 16.1. The van der Waals surface area contributed by atoms with Crippen LogP contribution < -0.4 is 10.7 Å². The van der Waals surface area contributed by atoms with Crippen molar-refractivity contribution in [3.8, 4) is 11.5 Å². The number of pyridine rings is 1. The summed E-state index contributed by atoms with van der Waals surface area (Å²) in [5.74, 6) is -0.0292. The molecule has 32 heavy (non-hydrogen) atoms. The number of anilines is 1. The van der Waals surface area contributed by atoms with Crippen molar-refractivity contribution < 1.29 is 4.79 Å². The number of hydrogen-bond donors (Lipinski definition) is 3. The van der Waals surface area contributed by atoms with Gasteiger partial charge in [0.25, 0.3) is 0 Å². The zero-order valence-electron chi connectivity index (χ0n) is 17.8. The fourth-order valence-electron chi connectivity index (χ4n) is 3.49. The zero-order chi connectivity index (χ0) is 22.3. The topological polar surface area (TPSA) is 116 Å². The lowest BCUT2D eigenvalue weighted by Gasteiger charge is -2.08. The standard InChI is InChI=1S/C24H24N6O2/c1-2-3-4-6-16-9-11-17(12-10-16)13-14-22(32)25-19-8-5-7-18-21(31)15-20(26-23(18)19)24-27-29-30-28-24/h5,7-15H,2-4,6H2,1H3,(H,25,32)(H,26,31)(H,27,28,29,30)/b14-13+. The molecule has 2 heterocycles. The number of fused-ring (bicyclic) bond motifs is 1. The lowest BCUT2D eigenvalue weighted by molar-refractivity contribution is -0.111. The molecule has 0 saturated carbocycles. The molecular weight excluding hydrogens is 404 g/mol. The Labute approximate surface area is 184 Å². The van der Waals surface area contributed by atoms with Gasteiger partial charge in [0, 0.05) is 17.5 Å². The van der Waals surface area contributed by atoms with E-state index in [1.807, 2.05) is 12.1 Å². The van der Waals surface area contributed by atoms with Crippen LogP contribution in [0.1, 0.15) is 37.3 Å². The Balaban J connectivity index is 1.50. The number of amides is 1. The minimum absolute atomic E-state index is 0.204. The molecule has 2 aromatic heterocycles. The summed E-state index contributed by atoms with van der Waals surface area (Å²) in [6, 6.07) is 14.8. The average Bonchev–Trinajstić information content (AvgIpc) is 3.34. The molecule has 8 heteroatoms. The number of H-pyrrole nitrogens is 2. The van der Waals surface area contributed by atoms with Crippen molar-refractivity contribution in [3.05, 3.63) is 76.0 Å². The number of rotatable bonds is 8. The number of carbonyl (C=O) groups excluding carboxylic acids is 1. The number of aromatic nitrogens is 5. The van der Waals surface area contributed by atoms with Gasteiger partial charge in [0.05, 0.1) is 16.9 Å². The van der Waals surface area contributed by atoms with E-state index in [2.05, 4.69) is 50.0 Å². The Bertz CT molecular complexity index is 1290. The number of tetrazole rings is 1. The van der Waals surface area contributed by atoms with Gasteiger partial charge in [-0.15, -0.1) is 10.2 Å². The number of unbranched alkanes of at least 4 members (excludes halogenated alkanes) is 2. The summed E-state index contributed by atoms with van der Waals surface area (Å²) in [5.41, 5.74) is 3.45. The second-order valence-corrected chi connectivity index (χ2v) is 7.53. The molecular formula is C24H24N6O2. The van der Waals surface area contributed by atoms with E-state index in [0.717, 1.165) is 12.0 Å². The molecule has 4 rings (SSSR count). The highest BCUT2D eigenvalue weighted by Gasteiger charge is 2.11. The summed E-state index contributed by atoms with van der Waals surface area (Å²) in [7, 11) is 0. The maximum Gasteiger partial charge on any atom is 0.248 e. The summed E-state index contributed by atoms with van der Waals surface area (Å²) < 4.78 is 0. The van der Waals surface area contributed by atoms with Crippen molar-refractivity contribution in [2.24, 2.45) is 0 Å². The minimum atomic E-state index is -0.296. The molecule has 0 unspecified atom stereocenters. The van der Waals surface area contributed by atoms with Crippen molar-refractivity contribution in [3.63, 3.8) is 0 Å². The molecule has 0 bridgehead atoms. The molecule has 0 atom stereocenters. The van der Waals surface area contributed by atoms with Gasteiger partial charge in [-0.2, -0.15) is 5.21 Å². The van der Waals surface area contributed by atoms with Crippen LogP contribution in [0.4, 0.5) is 5.69 Å². The normalized spacial score (nSPS) is 11.3. The summed E-state index contributed by atoms with van der Waals surface area (Å²) in [5, 5.41) is 17.0. The first kappa shape index (κ1) is 21.2. The van der Waals surface area contributed by atoms with Crippen LogP contribution in [0, 0.1) is 0 Å². The molecule has 1 amide bonds. The number of benzene rings is 2. The quantitative estimate of drug-likeness (QED) is 0.289. The Morgan fingerprint density at radius 1 is 1.12 bits per heavy atom. The molecule has 0 spiro atoms. The van der Waals surface area contributed by atoms with Gasteiger partial charge in [-0.25, -0.2) is 0 Å². The third-order valence-corrected chi connectivity index (χ3v) is 5.19. The van der Waals surface area contributed by atoms with E-state index >= 15 is 0 Å². The molecule has 0 aliphatic heterocycles. The fraction of sp³-hybridized carbons (Fsp3) is 0.208. The predicted molar refractivity (Wildman–Crippen MR) is 125 cm³/mol. The van der Waals surface area contributed by atoms with Gasteiger partial charge < -0.3 is 10.3 Å². The first-order chi connectivity index (χ1) is 15.6. The molecule has 162 valence electrons. The van der Waals surface area contributed by atoms with Gasteiger partial charge >= 0.3 is 0 Å². The molecule has 8 nitrogen and oxygen atoms in total. The maximum absolute atomic E-state index is 12.5. The van der Waals surface area contributed by atoms with Crippen molar-refractivity contribution in [1.82, 2.24) is 25.6 Å². The van der Waals surface area contributed by atoms with Crippen LogP contribution in [0.2, 0.25) is 0 Å². The highest BCUT2D eigenvalue weighted by Crippen LogP contribution is 2.22. The predicted octanol–water partition coefficient (Wildman–Crippen LogP) is 4.09. The van der Waals surface area contributed by atoms with E-state index in [1.54, 1.807) is 24.3 Å². The minimum Gasteiger partial charge on any atom is -0.350 e. The van der Waals surface area contributed by atoms with Crippen LogP contribution in [-0.2, 0) is 11.2 Å². The number of aromatic amines is 2. The van der Waals surface area contributed by atoms with Gasteiger partial charge in [0.15, 0.2) is 5.43 Å². The van der Waals surface area contributed by atoms with E-state index < -0.39 is 0 Å². The number of para-hydroxylation sites is 1. The summed E-state index contributed by atoms with van der Waals surface area (Å²) in [6.07, 6.45) is 7.95. The molecule has 0 radical (unpaired) electrons.